The summed E-state index contributed by atoms with van der Waals surface area (Å²) >= 11 is 0. The summed E-state index contributed by atoms with van der Waals surface area (Å²) < 4.78 is 11.4. The van der Waals surface area contributed by atoms with Crippen LogP contribution in [0.1, 0.15) is 6.23 Å². The van der Waals surface area contributed by atoms with Gasteiger partial charge in [-0.3, -0.25) is 14.3 Å². The van der Waals surface area contributed by atoms with Crippen molar-refractivity contribution in [3.63, 3.8) is 0 Å². The maximum absolute atomic E-state index is 11.6. The molecule has 1 saturated heterocycles. The van der Waals surface area contributed by atoms with E-state index in [4.69, 9.17) is 14.6 Å². The minimum absolute atomic E-state index is 0.343. The van der Waals surface area contributed by atoms with Gasteiger partial charge in [-0.2, -0.15) is 0 Å². The highest BCUT2D eigenvalue weighted by Crippen LogP contribution is 2.29. The van der Waals surface area contributed by atoms with Crippen LogP contribution in [0.3, 0.4) is 0 Å². The molecule has 3 N–H and O–H groups in total. The maximum Gasteiger partial charge on any atom is 0.330 e. The molecule has 2 rings (SSSR count). The van der Waals surface area contributed by atoms with Crippen molar-refractivity contribution in [1.82, 2.24) is 9.55 Å². The standard InChI is InChI=1S/C10H14N2O6/c1-17-8-5(4-13)18-9(7(8)15)12-3-2-6(14)11-10(12)16/h2-3,5,7-9,13,15H,4H2,1H3,(H,11,14,16)/t5?,7?,8-,9?/m0/s1. The highest BCUT2D eigenvalue weighted by atomic mass is 16.6. The van der Waals surface area contributed by atoms with E-state index >= 15 is 0 Å². The van der Waals surface area contributed by atoms with Crippen LogP contribution in [0.4, 0.5) is 0 Å². The number of aromatic amines is 1. The Morgan fingerprint density at radius 2 is 2.28 bits per heavy atom. The normalized spacial score (nSPS) is 31.7. The van der Waals surface area contributed by atoms with Crippen LogP contribution in [0.25, 0.3) is 0 Å². The molecule has 0 bridgehead atoms. The van der Waals surface area contributed by atoms with E-state index in [1.165, 1.54) is 13.3 Å². The van der Waals surface area contributed by atoms with E-state index in [1.807, 2.05) is 0 Å². The first-order valence-electron chi connectivity index (χ1n) is 5.37. The molecule has 0 aromatic carbocycles. The lowest BCUT2D eigenvalue weighted by Gasteiger charge is -2.17. The number of nitrogens with one attached hydrogen (secondary N) is 1. The fourth-order valence-corrected chi connectivity index (χ4v) is 2.02. The Labute approximate surface area is 101 Å². The molecule has 2 heterocycles. The van der Waals surface area contributed by atoms with Crippen molar-refractivity contribution in [2.75, 3.05) is 13.7 Å². The topological polar surface area (TPSA) is 114 Å². The molecule has 4 atom stereocenters. The summed E-state index contributed by atoms with van der Waals surface area (Å²) in [6, 6.07) is 1.14. The number of nitrogens with zero attached hydrogens (tertiary/aromatic N) is 1. The van der Waals surface area contributed by atoms with Crippen LogP contribution in [0.2, 0.25) is 0 Å². The van der Waals surface area contributed by atoms with Crippen molar-refractivity contribution >= 4 is 0 Å². The second-order valence-electron chi connectivity index (χ2n) is 3.96. The monoisotopic (exact) mass is 258 g/mol. The third kappa shape index (κ3) is 2.10. The molecule has 1 aliphatic heterocycles. The average molecular weight is 258 g/mol. The zero-order chi connectivity index (χ0) is 13.3. The van der Waals surface area contributed by atoms with Gasteiger partial charge in [-0.1, -0.05) is 0 Å². The van der Waals surface area contributed by atoms with Gasteiger partial charge in [0.15, 0.2) is 6.23 Å². The molecular formula is C10H14N2O6. The predicted octanol–water partition coefficient (Wildman–Crippen LogP) is -2.20. The molecule has 0 spiro atoms. The summed E-state index contributed by atoms with van der Waals surface area (Å²) in [7, 11) is 1.37. The average Bonchev–Trinajstić information content (AvgIpc) is 2.66. The van der Waals surface area contributed by atoms with Gasteiger partial charge in [0, 0.05) is 19.4 Å². The highest BCUT2D eigenvalue weighted by Gasteiger charge is 2.44. The zero-order valence-corrected chi connectivity index (χ0v) is 9.65. The number of rotatable bonds is 3. The Kier molecular flexibility index (Phi) is 3.62. The summed E-state index contributed by atoms with van der Waals surface area (Å²) in [4.78, 5) is 24.6. The predicted molar refractivity (Wildman–Crippen MR) is 59.1 cm³/mol. The van der Waals surface area contributed by atoms with Crippen molar-refractivity contribution in [2.24, 2.45) is 0 Å². The number of hydrogen-bond donors (Lipinski definition) is 3. The largest absolute Gasteiger partial charge is 0.394 e. The molecule has 1 aromatic heterocycles. The van der Waals surface area contributed by atoms with Crippen molar-refractivity contribution in [1.29, 1.82) is 0 Å². The molecule has 1 fully saturated rings. The third-order valence-electron chi connectivity index (χ3n) is 2.89. The molecule has 0 saturated carbocycles. The second-order valence-corrected chi connectivity index (χ2v) is 3.96. The quantitative estimate of drug-likeness (QED) is 0.567. The lowest BCUT2D eigenvalue weighted by molar-refractivity contribution is -0.0569. The Morgan fingerprint density at radius 3 is 2.78 bits per heavy atom. The molecule has 18 heavy (non-hydrogen) atoms. The van der Waals surface area contributed by atoms with Gasteiger partial charge in [0.05, 0.1) is 6.61 Å². The molecule has 1 aliphatic rings. The number of aromatic nitrogens is 2. The Bertz CT molecular complexity index is 524. The Morgan fingerprint density at radius 1 is 1.56 bits per heavy atom. The molecule has 0 radical (unpaired) electrons. The molecule has 8 nitrogen and oxygen atoms in total. The SMILES string of the molecule is CO[C@H]1C(CO)OC(n2ccc(=O)[nH]c2=O)C1O. The zero-order valence-electron chi connectivity index (χ0n) is 9.65. The second kappa shape index (κ2) is 5.02. The summed E-state index contributed by atoms with van der Waals surface area (Å²) in [5.74, 6) is 0. The van der Waals surface area contributed by atoms with E-state index in [2.05, 4.69) is 4.98 Å². The van der Waals surface area contributed by atoms with Gasteiger partial charge in [0.1, 0.15) is 18.3 Å². The van der Waals surface area contributed by atoms with Gasteiger partial charge in [0.2, 0.25) is 0 Å². The van der Waals surface area contributed by atoms with E-state index in [9.17, 15) is 14.7 Å². The number of H-pyrrole nitrogens is 1. The van der Waals surface area contributed by atoms with Gasteiger partial charge in [0.25, 0.3) is 5.56 Å². The molecule has 0 aliphatic carbocycles. The minimum atomic E-state index is -1.12. The fraction of sp³-hybridized carbons (Fsp3) is 0.600. The fourth-order valence-electron chi connectivity index (χ4n) is 2.02. The molecule has 8 heteroatoms. The van der Waals surface area contributed by atoms with E-state index < -0.39 is 35.8 Å². The van der Waals surface area contributed by atoms with Crippen LogP contribution in [0, 0.1) is 0 Å². The summed E-state index contributed by atoms with van der Waals surface area (Å²) in [5.41, 5.74) is -1.23. The molecule has 1 aromatic rings. The van der Waals surface area contributed by atoms with Gasteiger partial charge in [-0.25, -0.2) is 4.79 Å². The van der Waals surface area contributed by atoms with E-state index in [1.54, 1.807) is 0 Å². The van der Waals surface area contributed by atoms with Gasteiger partial charge < -0.3 is 19.7 Å². The number of ether oxygens (including phenoxy) is 2. The van der Waals surface area contributed by atoms with Crippen LogP contribution in [0.15, 0.2) is 21.9 Å². The van der Waals surface area contributed by atoms with Crippen LogP contribution in [-0.4, -0.2) is 51.8 Å². The summed E-state index contributed by atoms with van der Waals surface area (Å²) in [5, 5.41) is 19.1. The first-order valence-corrected chi connectivity index (χ1v) is 5.37. The number of methoxy groups -OCH3 is 1. The number of aliphatic hydroxyl groups is 2. The van der Waals surface area contributed by atoms with Crippen LogP contribution in [0.5, 0.6) is 0 Å². The van der Waals surface area contributed by atoms with E-state index in [-0.39, 0.29) is 6.61 Å². The van der Waals surface area contributed by atoms with Crippen LogP contribution in [-0.2, 0) is 9.47 Å². The molecule has 3 unspecified atom stereocenters. The lowest BCUT2D eigenvalue weighted by Crippen LogP contribution is -2.38. The van der Waals surface area contributed by atoms with Gasteiger partial charge in [-0.15, -0.1) is 0 Å². The van der Waals surface area contributed by atoms with Crippen molar-refractivity contribution in [3.05, 3.63) is 33.1 Å². The highest BCUT2D eigenvalue weighted by molar-refractivity contribution is 4.93. The summed E-state index contributed by atoms with van der Waals surface area (Å²) in [6.45, 7) is -0.343. The summed E-state index contributed by atoms with van der Waals surface area (Å²) in [6.07, 6.45) is -2.36. The first kappa shape index (κ1) is 13.0. The Balaban J connectivity index is 2.34. The third-order valence-corrected chi connectivity index (χ3v) is 2.89. The lowest BCUT2D eigenvalue weighted by atomic mass is 10.1. The maximum atomic E-state index is 11.6. The van der Waals surface area contributed by atoms with Crippen molar-refractivity contribution in [3.8, 4) is 0 Å². The van der Waals surface area contributed by atoms with Gasteiger partial charge >= 0.3 is 5.69 Å². The number of aliphatic hydroxyl groups excluding tert-OH is 2. The van der Waals surface area contributed by atoms with Crippen LogP contribution >= 0.6 is 0 Å². The molecule has 0 amide bonds. The minimum Gasteiger partial charge on any atom is -0.394 e. The molecule has 100 valence electrons. The van der Waals surface area contributed by atoms with Crippen LogP contribution < -0.4 is 11.2 Å². The van der Waals surface area contributed by atoms with E-state index in [0.29, 0.717) is 0 Å². The Hall–Kier alpha value is -1.48. The van der Waals surface area contributed by atoms with E-state index in [0.717, 1.165) is 10.6 Å². The number of hydrogen-bond acceptors (Lipinski definition) is 6. The van der Waals surface area contributed by atoms with Crippen molar-refractivity contribution in [2.45, 2.75) is 24.5 Å². The smallest absolute Gasteiger partial charge is 0.330 e. The first-order chi connectivity index (χ1) is 8.58. The van der Waals surface area contributed by atoms with Gasteiger partial charge in [-0.05, 0) is 0 Å². The van der Waals surface area contributed by atoms with Crippen molar-refractivity contribution < 1.29 is 19.7 Å². The molecular weight excluding hydrogens is 244 g/mol.